The number of alkyl halides is 3. The first-order valence-corrected chi connectivity index (χ1v) is 6.05. The minimum atomic E-state index is -4.40. The monoisotopic (exact) mass is 290 g/mol. The molecule has 112 valence electrons. The molecule has 3 N–H and O–H groups in total. The predicted octanol–water partition coefficient (Wildman–Crippen LogP) is 2.31. The molecule has 0 amide bonds. The summed E-state index contributed by atoms with van der Waals surface area (Å²) >= 11 is 0. The van der Waals surface area contributed by atoms with Gasteiger partial charge in [0, 0.05) is 25.2 Å². The van der Waals surface area contributed by atoms with Gasteiger partial charge in [-0.25, -0.2) is 4.98 Å². The first kappa shape index (κ1) is 16.1. The molecule has 1 heterocycles. The summed E-state index contributed by atoms with van der Waals surface area (Å²) < 4.78 is 37.4. The van der Waals surface area contributed by atoms with Gasteiger partial charge >= 0.3 is 6.18 Å². The number of amidine groups is 1. The summed E-state index contributed by atoms with van der Waals surface area (Å²) in [6.45, 7) is 4.53. The maximum absolute atomic E-state index is 12.5. The van der Waals surface area contributed by atoms with E-state index >= 15 is 0 Å². The van der Waals surface area contributed by atoms with Gasteiger partial charge in [0.25, 0.3) is 0 Å². The van der Waals surface area contributed by atoms with Crippen LogP contribution in [0.2, 0.25) is 0 Å². The number of nitrogens with two attached hydrogens (primary N) is 1. The highest BCUT2D eigenvalue weighted by Gasteiger charge is 2.30. The van der Waals surface area contributed by atoms with Gasteiger partial charge in [-0.1, -0.05) is 12.1 Å². The number of oxime groups is 1. The topological polar surface area (TPSA) is 74.7 Å². The Labute approximate surface area is 114 Å². The summed E-state index contributed by atoms with van der Waals surface area (Å²) in [6.07, 6.45) is -3.60. The summed E-state index contributed by atoms with van der Waals surface area (Å²) in [7, 11) is 0. The van der Waals surface area contributed by atoms with Gasteiger partial charge in [0.1, 0.15) is 11.7 Å². The van der Waals surface area contributed by atoms with Gasteiger partial charge < -0.3 is 15.8 Å². The third-order valence-electron chi connectivity index (χ3n) is 2.90. The highest BCUT2D eigenvalue weighted by Crippen LogP contribution is 2.29. The van der Waals surface area contributed by atoms with Crippen molar-refractivity contribution in [2.45, 2.75) is 20.0 Å². The molecule has 0 aromatic carbocycles. The maximum Gasteiger partial charge on any atom is 0.417 e. The van der Waals surface area contributed by atoms with Crippen LogP contribution in [0.1, 0.15) is 19.4 Å². The molecular formula is C12H17F3N4O. The van der Waals surface area contributed by atoms with E-state index in [0.717, 1.165) is 12.3 Å². The van der Waals surface area contributed by atoms with Crippen LogP contribution < -0.4 is 10.6 Å². The molecule has 8 heteroatoms. The van der Waals surface area contributed by atoms with Gasteiger partial charge in [-0.3, -0.25) is 0 Å². The SMILES string of the molecule is CCN(CC(C)C(N)=NO)c1ccc(C(F)(F)F)cn1. The van der Waals surface area contributed by atoms with Gasteiger partial charge in [0.05, 0.1) is 5.56 Å². The summed E-state index contributed by atoms with van der Waals surface area (Å²) in [6, 6.07) is 2.30. The van der Waals surface area contributed by atoms with E-state index in [9.17, 15) is 13.2 Å². The number of pyridine rings is 1. The number of hydrogen-bond acceptors (Lipinski definition) is 4. The molecule has 0 radical (unpaired) electrons. The fourth-order valence-electron chi connectivity index (χ4n) is 1.65. The molecule has 0 bridgehead atoms. The van der Waals surface area contributed by atoms with Crippen molar-refractivity contribution in [2.75, 3.05) is 18.0 Å². The average molecular weight is 290 g/mol. The molecule has 0 aliphatic carbocycles. The van der Waals surface area contributed by atoms with Gasteiger partial charge in [-0.2, -0.15) is 13.2 Å². The molecule has 20 heavy (non-hydrogen) atoms. The van der Waals surface area contributed by atoms with Crippen LogP contribution in [0.3, 0.4) is 0 Å². The molecule has 1 aromatic heterocycles. The number of nitrogens with zero attached hydrogens (tertiary/aromatic N) is 3. The van der Waals surface area contributed by atoms with Crippen LogP contribution >= 0.6 is 0 Å². The smallest absolute Gasteiger partial charge is 0.409 e. The Bertz CT molecular complexity index is 459. The van der Waals surface area contributed by atoms with Crippen molar-refractivity contribution < 1.29 is 18.4 Å². The highest BCUT2D eigenvalue weighted by molar-refractivity contribution is 5.82. The zero-order valence-electron chi connectivity index (χ0n) is 11.2. The Morgan fingerprint density at radius 2 is 2.15 bits per heavy atom. The predicted molar refractivity (Wildman–Crippen MR) is 69.7 cm³/mol. The van der Waals surface area contributed by atoms with E-state index < -0.39 is 11.7 Å². The number of aromatic nitrogens is 1. The Hall–Kier alpha value is -1.99. The number of anilines is 1. The molecular weight excluding hydrogens is 273 g/mol. The molecule has 5 nitrogen and oxygen atoms in total. The molecule has 1 atom stereocenters. The highest BCUT2D eigenvalue weighted by atomic mass is 19.4. The van der Waals surface area contributed by atoms with Crippen LogP contribution in [0, 0.1) is 5.92 Å². The first-order chi connectivity index (χ1) is 9.29. The Morgan fingerprint density at radius 3 is 2.55 bits per heavy atom. The molecule has 0 aliphatic heterocycles. The van der Waals surface area contributed by atoms with Gasteiger partial charge in [0.2, 0.25) is 0 Å². The van der Waals surface area contributed by atoms with Gasteiger partial charge in [-0.15, -0.1) is 0 Å². The molecule has 0 saturated carbocycles. The lowest BCUT2D eigenvalue weighted by Gasteiger charge is -2.25. The van der Waals surface area contributed by atoms with Crippen LogP contribution in [-0.2, 0) is 6.18 Å². The Balaban J connectivity index is 2.86. The van der Waals surface area contributed by atoms with Crippen LogP contribution in [0.5, 0.6) is 0 Å². The quantitative estimate of drug-likeness (QED) is 0.378. The molecule has 0 saturated heterocycles. The van der Waals surface area contributed by atoms with E-state index in [2.05, 4.69) is 10.1 Å². The number of halogens is 3. The Kier molecular flexibility index (Phi) is 5.18. The van der Waals surface area contributed by atoms with Crippen LogP contribution in [0.25, 0.3) is 0 Å². The van der Waals surface area contributed by atoms with Gasteiger partial charge in [-0.05, 0) is 19.1 Å². The van der Waals surface area contributed by atoms with Crippen molar-refractivity contribution in [1.82, 2.24) is 4.98 Å². The zero-order chi connectivity index (χ0) is 15.3. The maximum atomic E-state index is 12.5. The normalized spacial score (nSPS) is 14.2. The van der Waals surface area contributed by atoms with E-state index in [1.54, 1.807) is 11.8 Å². The van der Waals surface area contributed by atoms with E-state index in [1.165, 1.54) is 6.07 Å². The molecule has 1 rings (SSSR count). The standard InChI is InChI=1S/C12H17F3N4O/c1-3-19(7-8(2)11(16)18-20)10-5-4-9(6-17-10)12(13,14)15/h4-6,8,20H,3,7H2,1-2H3,(H2,16,18). The van der Waals surface area contributed by atoms with Gasteiger partial charge in [0.15, 0.2) is 0 Å². The minimum absolute atomic E-state index is 0.0651. The van der Waals surface area contributed by atoms with Crippen molar-refractivity contribution in [3.8, 4) is 0 Å². The minimum Gasteiger partial charge on any atom is -0.409 e. The lowest BCUT2D eigenvalue weighted by atomic mass is 10.1. The Morgan fingerprint density at radius 1 is 1.50 bits per heavy atom. The van der Waals surface area contributed by atoms with Crippen LogP contribution in [0.15, 0.2) is 23.5 Å². The fraction of sp³-hybridized carbons (Fsp3) is 0.500. The molecule has 1 unspecified atom stereocenters. The first-order valence-electron chi connectivity index (χ1n) is 6.05. The molecule has 1 aromatic rings. The second-order valence-electron chi connectivity index (χ2n) is 4.37. The molecule has 0 fully saturated rings. The third kappa shape index (κ3) is 4.01. The van der Waals surface area contributed by atoms with E-state index in [-0.39, 0.29) is 11.8 Å². The van der Waals surface area contributed by atoms with E-state index in [4.69, 9.17) is 10.9 Å². The number of rotatable bonds is 5. The van der Waals surface area contributed by atoms with Crippen molar-refractivity contribution in [3.63, 3.8) is 0 Å². The van der Waals surface area contributed by atoms with Crippen LogP contribution in [0.4, 0.5) is 19.0 Å². The summed E-state index contributed by atoms with van der Waals surface area (Å²) in [5, 5.41) is 11.5. The largest absolute Gasteiger partial charge is 0.417 e. The lowest BCUT2D eigenvalue weighted by Crippen LogP contribution is -2.35. The van der Waals surface area contributed by atoms with Crippen molar-refractivity contribution in [2.24, 2.45) is 16.8 Å². The van der Waals surface area contributed by atoms with Crippen molar-refractivity contribution in [3.05, 3.63) is 23.9 Å². The second-order valence-corrected chi connectivity index (χ2v) is 4.37. The summed E-state index contributed by atoms with van der Waals surface area (Å²) in [4.78, 5) is 5.57. The molecule has 0 aliphatic rings. The van der Waals surface area contributed by atoms with Crippen molar-refractivity contribution in [1.29, 1.82) is 0 Å². The van der Waals surface area contributed by atoms with E-state index in [0.29, 0.717) is 18.9 Å². The average Bonchev–Trinajstić information content (AvgIpc) is 2.42. The van der Waals surface area contributed by atoms with Crippen LogP contribution in [-0.4, -0.2) is 29.1 Å². The zero-order valence-corrected chi connectivity index (χ0v) is 11.2. The van der Waals surface area contributed by atoms with Crippen molar-refractivity contribution >= 4 is 11.7 Å². The molecule has 0 spiro atoms. The summed E-state index contributed by atoms with van der Waals surface area (Å²) in [5.41, 5.74) is 4.69. The third-order valence-corrected chi connectivity index (χ3v) is 2.90. The second kappa shape index (κ2) is 6.44. The fourth-order valence-corrected chi connectivity index (χ4v) is 1.65. The lowest BCUT2D eigenvalue weighted by molar-refractivity contribution is -0.137. The number of hydrogen-bond donors (Lipinski definition) is 2. The van der Waals surface area contributed by atoms with E-state index in [1.807, 2.05) is 6.92 Å². The summed E-state index contributed by atoms with van der Waals surface area (Å²) in [5.74, 6) is 0.234.